The number of nitrogens with zero attached hydrogens (tertiary/aromatic N) is 2. The van der Waals surface area contributed by atoms with Gasteiger partial charge in [0.05, 0.1) is 0 Å². The van der Waals surface area contributed by atoms with Gasteiger partial charge in [0, 0.05) is 0 Å². The predicted octanol–water partition coefficient (Wildman–Crippen LogP) is 0.653. The van der Waals surface area contributed by atoms with Gasteiger partial charge in [0.15, 0.2) is 0 Å². The van der Waals surface area contributed by atoms with Crippen LogP contribution in [0.3, 0.4) is 0 Å². The lowest BCUT2D eigenvalue weighted by molar-refractivity contribution is 1.21. The van der Waals surface area contributed by atoms with Crippen LogP contribution < -0.4 is 0 Å². The summed E-state index contributed by atoms with van der Waals surface area (Å²) in [6, 6.07) is 0. The zero-order valence-corrected chi connectivity index (χ0v) is 3.05. The van der Waals surface area contributed by atoms with E-state index in [1.807, 2.05) is 0 Å². The molecule has 32 valence electrons. The van der Waals surface area contributed by atoms with Crippen molar-refractivity contribution in [2.75, 3.05) is 0 Å². The Balaban J connectivity index is 3.17. The number of hydrogen-bond donors (Lipinski definition) is 2. The molecule has 4 nitrogen and oxygen atoms in total. The van der Waals surface area contributed by atoms with E-state index in [-0.39, 0.29) is 0 Å². The highest BCUT2D eigenvalue weighted by atomic mass is 15.0. The largest absolute Gasteiger partial charge is 0.289 e. The van der Waals surface area contributed by atoms with Crippen LogP contribution in [-0.2, 0) is 0 Å². The Labute approximate surface area is 34.9 Å². The highest BCUT2D eigenvalue weighted by Gasteiger charge is 1.50. The molecule has 0 amide bonds. The Morgan fingerprint density at radius 1 is 1.50 bits per heavy atom. The quantitative estimate of drug-likeness (QED) is 0.280. The fourth-order valence-electron chi connectivity index (χ4n) is 0.0667. The van der Waals surface area contributed by atoms with Crippen molar-refractivity contribution in [1.29, 1.82) is 10.9 Å². The van der Waals surface area contributed by atoms with Gasteiger partial charge in [-0.2, -0.15) is 0 Å². The van der Waals surface area contributed by atoms with Crippen molar-refractivity contribution in [3.05, 3.63) is 0 Å². The van der Waals surface area contributed by atoms with Crippen LogP contribution in [0.4, 0.5) is 0 Å². The maximum absolute atomic E-state index is 6.24. The summed E-state index contributed by atoms with van der Waals surface area (Å²) in [6.07, 6.45) is 1.80. The molecule has 0 radical (unpaired) electrons. The zero-order chi connectivity index (χ0) is 4.83. The van der Waals surface area contributed by atoms with E-state index < -0.39 is 0 Å². The van der Waals surface area contributed by atoms with Crippen LogP contribution in [0.15, 0.2) is 10.1 Å². The Morgan fingerprint density at radius 2 is 2.17 bits per heavy atom. The van der Waals surface area contributed by atoms with Gasteiger partial charge < -0.3 is 0 Å². The molecule has 0 saturated heterocycles. The average Bonchev–Trinajstić information content (AvgIpc) is 1.61. The molecule has 4 heteroatoms. The van der Waals surface area contributed by atoms with Crippen molar-refractivity contribution in [3.63, 3.8) is 0 Å². The van der Waals surface area contributed by atoms with Gasteiger partial charge in [-0.15, -0.1) is 5.11 Å². The second-order valence-electron chi connectivity index (χ2n) is 0.523. The average molecular weight is 84.1 g/mol. The fourth-order valence-corrected chi connectivity index (χ4v) is 0.0667. The Hall–Kier alpha value is -1.06. The summed E-state index contributed by atoms with van der Waals surface area (Å²) in [6.45, 7) is 0. The molecule has 0 heterocycles. The SMILES string of the molecule is N=CN=CN=N. The van der Waals surface area contributed by atoms with Gasteiger partial charge in [0.25, 0.3) is 0 Å². The highest BCUT2D eigenvalue weighted by Crippen LogP contribution is 1.52. The summed E-state index contributed by atoms with van der Waals surface area (Å²) in [4.78, 5) is 3.15. The first-order valence-electron chi connectivity index (χ1n) is 1.29. The molecule has 0 unspecified atom stereocenters. The lowest BCUT2D eigenvalue weighted by Crippen LogP contribution is -1.59. The zero-order valence-electron chi connectivity index (χ0n) is 3.05. The summed E-state index contributed by atoms with van der Waals surface area (Å²) in [7, 11) is 0. The van der Waals surface area contributed by atoms with E-state index in [0.29, 0.717) is 0 Å². The molecule has 2 N–H and O–H groups in total. The number of aliphatic imine (C=N–C) groups is 1. The van der Waals surface area contributed by atoms with E-state index in [1.165, 1.54) is 0 Å². The van der Waals surface area contributed by atoms with Crippen LogP contribution in [-0.4, -0.2) is 12.7 Å². The van der Waals surface area contributed by atoms with Crippen molar-refractivity contribution in [2.45, 2.75) is 0 Å². The van der Waals surface area contributed by atoms with Gasteiger partial charge in [0.2, 0.25) is 0 Å². The molecule has 0 spiro atoms. The van der Waals surface area contributed by atoms with Crippen LogP contribution in [0.25, 0.3) is 0 Å². The number of nitrogens with one attached hydrogen (secondary N) is 2. The predicted molar refractivity (Wildman–Crippen MR) is 22.4 cm³/mol. The molecule has 0 bridgehead atoms. The topological polar surface area (TPSA) is 72.4 Å². The first kappa shape index (κ1) is 4.94. The minimum atomic E-state index is 0.817. The third-order valence-corrected chi connectivity index (χ3v) is 0.199. The standard InChI is InChI=1S/C2H4N4/c3-1-5-2-6-4/h1-4H. The van der Waals surface area contributed by atoms with E-state index in [2.05, 4.69) is 10.1 Å². The summed E-state index contributed by atoms with van der Waals surface area (Å²) >= 11 is 0. The fraction of sp³-hybridized carbons (Fsp3) is 0. The molecule has 0 rings (SSSR count). The minimum absolute atomic E-state index is 0.817. The maximum Gasteiger partial charge on any atom is 0.139 e. The lowest BCUT2D eigenvalue weighted by Gasteiger charge is -1.59. The Morgan fingerprint density at radius 3 is 2.33 bits per heavy atom. The molecule has 6 heavy (non-hydrogen) atoms. The molecule has 0 aliphatic heterocycles. The van der Waals surface area contributed by atoms with E-state index in [0.717, 1.165) is 12.7 Å². The molecule has 0 aliphatic carbocycles. The second-order valence-corrected chi connectivity index (χ2v) is 0.523. The van der Waals surface area contributed by atoms with Gasteiger partial charge in [-0.1, -0.05) is 0 Å². The smallest absolute Gasteiger partial charge is 0.139 e. The van der Waals surface area contributed by atoms with Crippen molar-refractivity contribution < 1.29 is 0 Å². The first-order chi connectivity index (χ1) is 2.91. The van der Waals surface area contributed by atoms with Crippen LogP contribution in [0.5, 0.6) is 0 Å². The monoisotopic (exact) mass is 84.0 g/mol. The third-order valence-electron chi connectivity index (χ3n) is 0.199. The minimum Gasteiger partial charge on any atom is -0.289 e. The van der Waals surface area contributed by atoms with Gasteiger partial charge in [-0.25, -0.2) is 10.5 Å². The highest BCUT2D eigenvalue weighted by molar-refractivity contribution is 5.68. The van der Waals surface area contributed by atoms with Crippen LogP contribution >= 0.6 is 0 Å². The Bertz CT molecular complexity index is 63.6. The van der Waals surface area contributed by atoms with Crippen molar-refractivity contribution in [3.8, 4) is 0 Å². The molecule has 0 saturated carbocycles. The second kappa shape index (κ2) is 3.94. The number of rotatable bonds is 2. The van der Waals surface area contributed by atoms with Crippen LogP contribution in [0.2, 0.25) is 0 Å². The molecular weight excluding hydrogens is 80.1 g/mol. The lowest BCUT2D eigenvalue weighted by atomic mass is 11.2. The molecular formula is C2H4N4. The first-order valence-corrected chi connectivity index (χ1v) is 1.29. The van der Waals surface area contributed by atoms with Gasteiger partial charge in [-0.3, -0.25) is 5.41 Å². The van der Waals surface area contributed by atoms with E-state index in [1.54, 1.807) is 0 Å². The summed E-state index contributed by atoms with van der Waals surface area (Å²) in [5.74, 6) is 0. The molecule has 0 aromatic rings. The molecule has 0 fully saturated rings. The van der Waals surface area contributed by atoms with Crippen LogP contribution in [0, 0.1) is 10.9 Å². The van der Waals surface area contributed by atoms with Gasteiger partial charge in [-0.05, 0) is 0 Å². The number of hydrogen-bond acceptors (Lipinski definition) is 2. The van der Waals surface area contributed by atoms with Gasteiger partial charge in [0.1, 0.15) is 12.7 Å². The Kier molecular flexibility index (Phi) is 3.24. The van der Waals surface area contributed by atoms with E-state index in [9.17, 15) is 0 Å². The van der Waals surface area contributed by atoms with Gasteiger partial charge >= 0.3 is 0 Å². The summed E-state index contributed by atoms with van der Waals surface area (Å²) in [5, 5.41) is 8.97. The van der Waals surface area contributed by atoms with E-state index in [4.69, 9.17) is 10.9 Å². The summed E-state index contributed by atoms with van der Waals surface area (Å²) in [5.41, 5.74) is 6.08. The molecule has 0 atom stereocenters. The maximum atomic E-state index is 6.24. The van der Waals surface area contributed by atoms with E-state index >= 15 is 0 Å². The molecule has 0 aromatic heterocycles. The molecule has 0 aliphatic rings. The van der Waals surface area contributed by atoms with Crippen LogP contribution in [0.1, 0.15) is 0 Å². The summed E-state index contributed by atoms with van der Waals surface area (Å²) < 4.78 is 0. The van der Waals surface area contributed by atoms with Crippen molar-refractivity contribution in [1.82, 2.24) is 0 Å². The normalized spacial score (nSPS) is 8.67. The molecule has 0 aromatic carbocycles. The van der Waals surface area contributed by atoms with Crippen molar-refractivity contribution >= 4 is 12.7 Å². The van der Waals surface area contributed by atoms with Crippen molar-refractivity contribution in [2.24, 2.45) is 10.1 Å². The third kappa shape index (κ3) is 2.94.